The normalized spacial score (nSPS) is 16.7. The number of amides is 2. The van der Waals surface area contributed by atoms with E-state index in [0.29, 0.717) is 49.8 Å². The van der Waals surface area contributed by atoms with Gasteiger partial charge in [-0.25, -0.2) is 0 Å². The summed E-state index contributed by atoms with van der Waals surface area (Å²) < 4.78 is 16.4. The van der Waals surface area contributed by atoms with E-state index >= 15 is 0 Å². The molecule has 1 fully saturated rings. The number of carbonyl (C=O) groups excluding carboxylic acids is 2. The first-order valence-electron chi connectivity index (χ1n) is 10.8. The van der Waals surface area contributed by atoms with E-state index in [-0.39, 0.29) is 11.8 Å². The Morgan fingerprint density at radius 1 is 1.19 bits per heavy atom. The molecule has 0 aromatic heterocycles. The molecule has 0 aliphatic carbocycles. The molecule has 2 rings (SSSR count). The van der Waals surface area contributed by atoms with Crippen LogP contribution in [0.2, 0.25) is 25.7 Å². The summed E-state index contributed by atoms with van der Waals surface area (Å²) in [4.78, 5) is 26.6. The molecule has 0 spiro atoms. The van der Waals surface area contributed by atoms with Gasteiger partial charge in [-0.05, 0) is 31.0 Å². The summed E-state index contributed by atoms with van der Waals surface area (Å²) >= 11 is 0. The van der Waals surface area contributed by atoms with Crippen molar-refractivity contribution in [2.24, 2.45) is 0 Å². The van der Waals surface area contributed by atoms with E-state index in [2.05, 4.69) is 37.1 Å². The second-order valence-corrected chi connectivity index (χ2v) is 14.4. The van der Waals surface area contributed by atoms with Crippen LogP contribution in [0.1, 0.15) is 19.3 Å². The number of hydrogen-bond donors (Lipinski definition) is 1. The van der Waals surface area contributed by atoms with Crippen LogP contribution in [0.25, 0.3) is 0 Å². The molecule has 1 aliphatic rings. The molecule has 31 heavy (non-hydrogen) atoms. The van der Waals surface area contributed by atoms with Gasteiger partial charge in [0.1, 0.15) is 18.4 Å². The Bertz CT molecular complexity index is 776. The van der Waals surface area contributed by atoms with Crippen molar-refractivity contribution in [3.8, 4) is 17.2 Å². The maximum absolute atomic E-state index is 13.1. The minimum Gasteiger partial charge on any atom is -0.493 e. The minimum atomic E-state index is -1.18. The summed E-state index contributed by atoms with van der Waals surface area (Å²) in [5.41, 5.74) is 0. The first kappa shape index (κ1) is 24.8. The van der Waals surface area contributed by atoms with Gasteiger partial charge in [-0.2, -0.15) is 0 Å². The predicted octanol–water partition coefficient (Wildman–Crippen LogP) is 3.47. The van der Waals surface area contributed by atoms with Crippen molar-refractivity contribution in [1.29, 1.82) is 0 Å². The van der Waals surface area contributed by atoms with Gasteiger partial charge < -0.3 is 24.4 Å². The zero-order valence-corrected chi connectivity index (χ0v) is 20.4. The van der Waals surface area contributed by atoms with E-state index in [1.165, 1.54) is 0 Å². The van der Waals surface area contributed by atoms with Crippen molar-refractivity contribution in [3.05, 3.63) is 30.4 Å². The molecular formula is C23H36N2O5Si. The van der Waals surface area contributed by atoms with E-state index in [9.17, 15) is 9.59 Å². The fourth-order valence-corrected chi connectivity index (χ4v) is 4.19. The number of allylic oxidation sites excluding steroid dienone is 1. The fourth-order valence-electron chi connectivity index (χ4n) is 3.32. The summed E-state index contributed by atoms with van der Waals surface area (Å²) in [6.07, 6.45) is 6.13. The highest BCUT2D eigenvalue weighted by Gasteiger charge is 2.28. The number of benzene rings is 1. The molecule has 1 aromatic carbocycles. The third kappa shape index (κ3) is 8.28. The zero-order chi connectivity index (χ0) is 22.9. The van der Waals surface area contributed by atoms with Crippen LogP contribution < -0.4 is 19.5 Å². The molecule has 1 heterocycles. The average molecular weight is 449 g/mol. The Balaban J connectivity index is 2.00. The third-order valence-electron chi connectivity index (χ3n) is 5.05. The lowest BCUT2D eigenvalue weighted by molar-refractivity contribution is -0.137. The molecule has 1 aliphatic heterocycles. The van der Waals surface area contributed by atoms with Gasteiger partial charge in [-0.1, -0.05) is 31.8 Å². The van der Waals surface area contributed by atoms with Crippen molar-refractivity contribution < 1.29 is 23.8 Å². The van der Waals surface area contributed by atoms with Crippen LogP contribution in [0, 0.1) is 0 Å². The molecular weight excluding hydrogens is 412 g/mol. The summed E-state index contributed by atoms with van der Waals surface area (Å²) in [5.74, 6) is 1.76. The summed E-state index contributed by atoms with van der Waals surface area (Å²) in [6.45, 7) is 8.21. The van der Waals surface area contributed by atoms with E-state index in [1.54, 1.807) is 31.3 Å². The Morgan fingerprint density at radius 2 is 1.94 bits per heavy atom. The first-order valence-corrected chi connectivity index (χ1v) is 14.5. The number of nitrogens with one attached hydrogen (secondary N) is 1. The molecule has 0 unspecified atom stereocenters. The third-order valence-corrected chi connectivity index (χ3v) is 6.51. The summed E-state index contributed by atoms with van der Waals surface area (Å²) in [6, 6.07) is 5.97. The maximum Gasteiger partial charge on any atom is 0.245 e. The van der Waals surface area contributed by atoms with E-state index in [4.69, 9.17) is 14.2 Å². The Morgan fingerprint density at radius 3 is 2.58 bits per heavy atom. The van der Waals surface area contributed by atoms with E-state index < -0.39 is 14.1 Å². The lowest BCUT2D eigenvalue weighted by atomic mass is 10.0. The number of ether oxygens (including phenoxy) is 3. The molecule has 1 N–H and O–H groups in total. The van der Waals surface area contributed by atoms with E-state index in [0.717, 1.165) is 12.5 Å². The highest BCUT2D eigenvalue weighted by atomic mass is 28.3. The van der Waals surface area contributed by atoms with Crippen molar-refractivity contribution >= 4 is 19.9 Å². The predicted molar refractivity (Wildman–Crippen MR) is 125 cm³/mol. The molecule has 8 heteroatoms. The van der Waals surface area contributed by atoms with Crippen LogP contribution in [0.3, 0.4) is 0 Å². The standard InChI is InChI=1S/C23H36N2O5Si/c1-28-20-12-11-18(17-21(20)29-2)30-15-14-25(13-6-7-16-31(3,4)5)23(27)19-9-8-10-22(26)24-19/h6-7,11-12,17,19H,8-10,13-16H2,1-5H3,(H,24,26)/b7-6+/t19-/m0/s1. The molecule has 0 radical (unpaired) electrons. The molecule has 1 aromatic rings. The Hall–Kier alpha value is -2.48. The number of nitrogens with zero attached hydrogens (tertiary/aromatic N) is 1. The molecule has 1 atom stereocenters. The Labute approximate surface area is 186 Å². The Kier molecular flexibility index (Phi) is 9.42. The minimum absolute atomic E-state index is 0.0541. The molecule has 172 valence electrons. The molecule has 2 amide bonds. The SMILES string of the molecule is COc1ccc(OCCN(C/C=C/C[Si](C)(C)C)C(=O)[C@@H]2CCCC(=O)N2)cc1OC. The number of hydrogen-bond acceptors (Lipinski definition) is 5. The van der Waals surface area contributed by atoms with Crippen molar-refractivity contribution in [2.75, 3.05) is 33.9 Å². The number of carbonyl (C=O) groups is 2. The van der Waals surface area contributed by atoms with Gasteiger partial charge in [0.25, 0.3) is 0 Å². The van der Waals surface area contributed by atoms with E-state index in [1.807, 2.05) is 6.07 Å². The van der Waals surface area contributed by atoms with Gasteiger partial charge >= 0.3 is 0 Å². The number of rotatable bonds is 11. The van der Waals surface area contributed by atoms with Gasteiger partial charge in [-0.3, -0.25) is 9.59 Å². The van der Waals surface area contributed by atoms with Crippen LogP contribution in [-0.4, -0.2) is 64.7 Å². The van der Waals surface area contributed by atoms with Crippen LogP contribution in [0.15, 0.2) is 30.4 Å². The van der Waals surface area contributed by atoms with Gasteiger partial charge in [0.15, 0.2) is 11.5 Å². The van der Waals surface area contributed by atoms with Gasteiger partial charge in [0.2, 0.25) is 11.8 Å². The largest absolute Gasteiger partial charge is 0.493 e. The maximum atomic E-state index is 13.1. The van der Waals surface area contributed by atoms with Crippen molar-refractivity contribution in [3.63, 3.8) is 0 Å². The molecule has 0 saturated carbocycles. The summed E-state index contributed by atoms with van der Waals surface area (Å²) in [5, 5.41) is 2.83. The highest BCUT2D eigenvalue weighted by Crippen LogP contribution is 2.30. The fraction of sp³-hybridized carbons (Fsp3) is 0.565. The van der Waals surface area contributed by atoms with Crippen molar-refractivity contribution in [1.82, 2.24) is 10.2 Å². The van der Waals surface area contributed by atoms with Gasteiger partial charge in [0, 0.05) is 27.1 Å². The highest BCUT2D eigenvalue weighted by molar-refractivity contribution is 6.76. The molecule has 1 saturated heterocycles. The lowest BCUT2D eigenvalue weighted by Crippen LogP contribution is -2.51. The van der Waals surface area contributed by atoms with Crippen LogP contribution in [0.4, 0.5) is 0 Å². The second kappa shape index (κ2) is 11.8. The quantitative estimate of drug-likeness (QED) is 0.414. The zero-order valence-electron chi connectivity index (χ0n) is 19.4. The van der Waals surface area contributed by atoms with Crippen LogP contribution in [-0.2, 0) is 9.59 Å². The molecule has 7 nitrogen and oxygen atoms in total. The molecule has 0 bridgehead atoms. The van der Waals surface area contributed by atoms with Crippen LogP contribution in [0.5, 0.6) is 17.2 Å². The monoisotopic (exact) mass is 448 g/mol. The van der Waals surface area contributed by atoms with Gasteiger partial charge in [-0.15, -0.1) is 0 Å². The number of methoxy groups -OCH3 is 2. The smallest absolute Gasteiger partial charge is 0.245 e. The topological polar surface area (TPSA) is 77.1 Å². The van der Waals surface area contributed by atoms with Crippen molar-refractivity contribution in [2.45, 2.75) is 51.0 Å². The summed E-state index contributed by atoms with van der Waals surface area (Å²) in [7, 11) is 1.98. The first-order chi connectivity index (χ1) is 14.7. The number of piperidine rings is 1. The van der Waals surface area contributed by atoms with Gasteiger partial charge in [0.05, 0.1) is 20.8 Å². The van der Waals surface area contributed by atoms with Crippen LogP contribution >= 0.6 is 0 Å². The average Bonchev–Trinajstić information content (AvgIpc) is 2.74. The lowest BCUT2D eigenvalue weighted by Gasteiger charge is -2.29. The second-order valence-electron chi connectivity index (χ2n) is 8.90.